The first kappa shape index (κ1) is 13.3. The average molecular weight is 288 g/mol. The zero-order valence-electron chi connectivity index (χ0n) is 11.7. The van der Waals surface area contributed by atoms with E-state index in [2.05, 4.69) is 30.9 Å². The van der Waals surface area contributed by atoms with Crippen LogP contribution in [0.1, 0.15) is 20.3 Å². The van der Waals surface area contributed by atoms with Crippen molar-refractivity contribution in [3.05, 3.63) is 64.5 Å². The van der Waals surface area contributed by atoms with Gasteiger partial charge in [-0.25, -0.2) is 0 Å². The number of rotatable bonds is 1. The van der Waals surface area contributed by atoms with Crippen molar-refractivity contribution in [1.29, 1.82) is 0 Å². The fraction of sp³-hybridized carbons (Fsp3) is 0.294. The number of benzene rings is 1. The summed E-state index contributed by atoms with van der Waals surface area (Å²) in [5.41, 5.74) is 3.27. The van der Waals surface area contributed by atoms with Crippen LogP contribution in [0.15, 0.2) is 59.5 Å². The van der Waals surface area contributed by atoms with Gasteiger partial charge < -0.3 is 10.0 Å². The third-order valence-corrected chi connectivity index (χ3v) is 4.06. The van der Waals surface area contributed by atoms with E-state index in [0.717, 1.165) is 22.7 Å². The van der Waals surface area contributed by atoms with Gasteiger partial charge in [0.15, 0.2) is 0 Å². The molecule has 1 aliphatic heterocycles. The van der Waals surface area contributed by atoms with E-state index in [9.17, 15) is 5.11 Å². The first-order valence-corrected chi connectivity index (χ1v) is 7.19. The molecule has 20 heavy (non-hydrogen) atoms. The van der Waals surface area contributed by atoms with Gasteiger partial charge in [0.25, 0.3) is 0 Å². The van der Waals surface area contributed by atoms with Gasteiger partial charge in [-0.2, -0.15) is 0 Å². The third kappa shape index (κ3) is 2.36. The van der Waals surface area contributed by atoms with E-state index in [0.29, 0.717) is 12.3 Å². The van der Waals surface area contributed by atoms with Crippen LogP contribution >= 0.6 is 11.6 Å². The Morgan fingerprint density at radius 1 is 1.30 bits per heavy atom. The molecule has 0 saturated carbocycles. The molecule has 1 aromatic rings. The minimum absolute atomic E-state index is 0.104. The predicted octanol–water partition coefficient (Wildman–Crippen LogP) is 4.84. The Balaban J connectivity index is 2.06. The average Bonchev–Trinajstić information content (AvgIpc) is 2.37. The maximum Gasteiger partial charge on any atom is 0.122 e. The van der Waals surface area contributed by atoms with Crippen LogP contribution in [0.3, 0.4) is 0 Å². The van der Waals surface area contributed by atoms with Crippen molar-refractivity contribution in [2.45, 2.75) is 20.3 Å². The maximum atomic E-state index is 10.1. The summed E-state index contributed by atoms with van der Waals surface area (Å²) in [6, 6.07) is 7.86. The summed E-state index contributed by atoms with van der Waals surface area (Å²) in [4.78, 5) is 2.23. The molecule has 0 radical (unpaired) electrons. The fourth-order valence-corrected chi connectivity index (χ4v) is 2.95. The van der Waals surface area contributed by atoms with Gasteiger partial charge in [-0.3, -0.25) is 0 Å². The molecule has 0 unspecified atom stereocenters. The molecule has 3 heteroatoms. The molecule has 0 atom stereocenters. The minimum atomic E-state index is 0.104. The van der Waals surface area contributed by atoms with Crippen molar-refractivity contribution in [3.8, 4) is 0 Å². The highest BCUT2D eigenvalue weighted by Gasteiger charge is 2.30. The van der Waals surface area contributed by atoms with Crippen LogP contribution < -0.4 is 4.90 Å². The molecule has 1 N–H and O–H groups in total. The zero-order valence-corrected chi connectivity index (χ0v) is 12.5. The number of halogens is 1. The number of aliphatic hydroxyl groups excluding tert-OH is 1. The second-order valence-electron chi connectivity index (χ2n) is 6.04. The third-order valence-electron chi connectivity index (χ3n) is 3.82. The smallest absolute Gasteiger partial charge is 0.122 e. The molecular weight excluding hydrogens is 270 g/mol. The Labute approximate surface area is 124 Å². The highest BCUT2D eigenvalue weighted by Crippen LogP contribution is 2.40. The molecule has 1 aromatic carbocycles. The Hall–Kier alpha value is -1.67. The lowest BCUT2D eigenvalue weighted by molar-refractivity contribution is 0.406. The van der Waals surface area contributed by atoms with Gasteiger partial charge >= 0.3 is 0 Å². The summed E-state index contributed by atoms with van der Waals surface area (Å²) < 4.78 is 0. The number of hydrogen-bond donors (Lipinski definition) is 1. The van der Waals surface area contributed by atoms with E-state index < -0.39 is 0 Å². The van der Waals surface area contributed by atoms with Crippen LogP contribution in [-0.2, 0) is 0 Å². The molecule has 104 valence electrons. The SMILES string of the molecule is CC1(C)C=CC2=C(C1)N(c1cccc(Cl)c1)CC=C2O. The van der Waals surface area contributed by atoms with Crippen molar-refractivity contribution in [2.75, 3.05) is 11.4 Å². The van der Waals surface area contributed by atoms with Gasteiger partial charge in [-0.15, -0.1) is 0 Å². The first-order valence-electron chi connectivity index (χ1n) is 6.81. The first-order chi connectivity index (χ1) is 9.46. The van der Waals surface area contributed by atoms with Crippen LogP contribution in [0.25, 0.3) is 0 Å². The summed E-state index contributed by atoms with van der Waals surface area (Å²) in [6.45, 7) is 5.09. The lowest BCUT2D eigenvalue weighted by Gasteiger charge is -2.37. The second kappa shape index (κ2) is 4.71. The van der Waals surface area contributed by atoms with Crippen LogP contribution in [0.4, 0.5) is 5.69 Å². The van der Waals surface area contributed by atoms with E-state index in [-0.39, 0.29) is 5.41 Å². The van der Waals surface area contributed by atoms with Crippen molar-refractivity contribution < 1.29 is 5.11 Å². The number of aliphatic hydroxyl groups is 1. The predicted molar refractivity (Wildman–Crippen MR) is 84.1 cm³/mol. The minimum Gasteiger partial charge on any atom is -0.508 e. The van der Waals surface area contributed by atoms with Crippen LogP contribution in [0.5, 0.6) is 0 Å². The van der Waals surface area contributed by atoms with Crippen molar-refractivity contribution in [3.63, 3.8) is 0 Å². The molecule has 2 nitrogen and oxygen atoms in total. The number of nitrogens with zero attached hydrogens (tertiary/aromatic N) is 1. The van der Waals surface area contributed by atoms with Gasteiger partial charge in [0.2, 0.25) is 0 Å². The Bertz CT molecular complexity index is 640. The molecule has 0 bridgehead atoms. The van der Waals surface area contributed by atoms with Crippen molar-refractivity contribution in [2.24, 2.45) is 5.41 Å². The van der Waals surface area contributed by atoms with E-state index in [1.165, 1.54) is 5.70 Å². The molecule has 0 fully saturated rings. The Kier molecular flexibility index (Phi) is 3.14. The summed E-state index contributed by atoms with van der Waals surface area (Å²) >= 11 is 6.10. The van der Waals surface area contributed by atoms with Gasteiger partial charge in [-0.05, 0) is 36.1 Å². The molecule has 0 spiro atoms. The van der Waals surface area contributed by atoms with Crippen molar-refractivity contribution in [1.82, 2.24) is 0 Å². The zero-order chi connectivity index (χ0) is 14.3. The number of anilines is 1. The topological polar surface area (TPSA) is 23.5 Å². The number of allylic oxidation sites excluding steroid dienone is 3. The van der Waals surface area contributed by atoms with Crippen LogP contribution in [0.2, 0.25) is 5.02 Å². The molecular formula is C17H18ClNO. The van der Waals surface area contributed by atoms with Gasteiger partial charge in [-0.1, -0.05) is 43.7 Å². The normalized spacial score (nSPS) is 20.8. The maximum absolute atomic E-state index is 10.1. The highest BCUT2D eigenvalue weighted by atomic mass is 35.5. The number of hydrogen-bond acceptors (Lipinski definition) is 2. The Morgan fingerprint density at radius 2 is 2.10 bits per heavy atom. The van der Waals surface area contributed by atoms with E-state index >= 15 is 0 Å². The lowest BCUT2D eigenvalue weighted by atomic mass is 9.80. The largest absolute Gasteiger partial charge is 0.508 e. The molecule has 1 heterocycles. The van der Waals surface area contributed by atoms with Gasteiger partial charge in [0, 0.05) is 28.5 Å². The second-order valence-corrected chi connectivity index (χ2v) is 6.48. The van der Waals surface area contributed by atoms with E-state index in [1.807, 2.05) is 30.4 Å². The monoisotopic (exact) mass is 287 g/mol. The summed E-state index contributed by atoms with van der Waals surface area (Å²) in [6.07, 6.45) is 6.95. The summed E-state index contributed by atoms with van der Waals surface area (Å²) in [7, 11) is 0. The van der Waals surface area contributed by atoms with Gasteiger partial charge in [0.05, 0.1) is 0 Å². The van der Waals surface area contributed by atoms with E-state index in [4.69, 9.17) is 11.6 Å². The molecule has 1 aliphatic carbocycles. The summed E-state index contributed by atoms with van der Waals surface area (Å²) in [5.74, 6) is 0.380. The quantitative estimate of drug-likeness (QED) is 0.799. The van der Waals surface area contributed by atoms with Gasteiger partial charge in [0.1, 0.15) is 5.76 Å². The van der Waals surface area contributed by atoms with E-state index in [1.54, 1.807) is 0 Å². The molecule has 3 rings (SSSR count). The van der Waals surface area contributed by atoms with Crippen LogP contribution in [-0.4, -0.2) is 11.7 Å². The fourth-order valence-electron chi connectivity index (χ4n) is 2.77. The molecule has 2 aliphatic rings. The van der Waals surface area contributed by atoms with Crippen molar-refractivity contribution >= 4 is 17.3 Å². The van der Waals surface area contributed by atoms with Crippen LogP contribution in [0, 0.1) is 5.41 Å². The molecule has 0 amide bonds. The standard InChI is InChI=1S/C17H18ClNO/c1-17(2)8-6-14-15(11-17)19(9-7-16(14)20)13-5-3-4-12(18)10-13/h3-8,10,20H,9,11H2,1-2H3. The summed E-state index contributed by atoms with van der Waals surface area (Å²) in [5, 5.41) is 10.8. The molecule has 0 saturated heterocycles. The highest BCUT2D eigenvalue weighted by molar-refractivity contribution is 6.30. The lowest BCUT2D eigenvalue weighted by Crippen LogP contribution is -2.32. The molecule has 0 aromatic heterocycles. The Morgan fingerprint density at radius 3 is 2.85 bits per heavy atom.